The lowest BCUT2D eigenvalue weighted by atomic mass is 10.1. The van der Waals surface area contributed by atoms with E-state index in [1.807, 2.05) is 6.92 Å². The van der Waals surface area contributed by atoms with Crippen LogP contribution in [0.5, 0.6) is 0 Å². The van der Waals surface area contributed by atoms with E-state index >= 15 is 0 Å². The maximum atomic E-state index is 14.0. The lowest BCUT2D eigenvalue weighted by Gasteiger charge is -2.33. The molecule has 0 unspecified atom stereocenters. The number of rotatable bonds is 39. The van der Waals surface area contributed by atoms with Gasteiger partial charge in [0.05, 0.1) is 62.1 Å². The van der Waals surface area contributed by atoms with Crippen molar-refractivity contribution in [1.82, 2.24) is 70.8 Å². The summed E-state index contributed by atoms with van der Waals surface area (Å²) in [7, 11) is -4.24. The van der Waals surface area contributed by atoms with E-state index in [0.717, 1.165) is 11.1 Å². The Morgan fingerprint density at radius 3 is 1.66 bits per heavy atom. The number of fused-ring (bicyclic) bond motifs is 1. The molecule has 36 nitrogen and oxygen atoms in total. The molecule has 0 aliphatic carbocycles. The van der Waals surface area contributed by atoms with Crippen LogP contribution in [0.25, 0.3) is 10.9 Å². The summed E-state index contributed by atoms with van der Waals surface area (Å²) in [4.78, 5) is 178. The molecule has 1 fully saturated rings. The molecule has 0 spiro atoms. The fourth-order valence-corrected chi connectivity index (χ4v) is 12.4. The average molecular weight is 1410 g/mol. The van der Waals surface area contributed by atoms with Gasteiger partial charge in [-0.05, 0) is 69.4 Å². The number of carboxylic acid groups (broad SMARTS) is 5. The molecule has 2 aromatic carbocycles. The van der Waals surface area contributed by atoms with Crippen LogP contribution in [-0.4, -0.2) is 269 Å². The molecule has 37 heteroatoms. The number of anilines is 1. The number of pyridine rings is 1. The maximum absolute atomic E-state index is 14.0. The number of carboxylic acids is 5. The highest BCUT2D eigenvalue weighted by molar-refractivity contribution is 7.89. The molecule has 14 N–H and O–H groups in total. The second-order valence-corrected chi connectivity index (χ2v) is 25.2. The molecule has 3 heterocycles. The van der Waals surface area contributed by atoms with Crippen molar-refractivity contribution in [2.24, 2.45) is 0 Å². The molecule has 1 aliphatic rings. The van der Waals surface area contributed by atoms with Gasteiger partial charge in [-0.2, -0.15) is 4.72 Å². The third-order valence-corrected chi connectivity index (χ3v) is 17.3. The Kier molecular flexibility index (Phi) is 31.9. The van der Waals surface area contributed by atoms with Crippen molar-refractivity contribution in [3.05, 3.63) is 87.0 Å². The van der Waals surface area contributed by atoms with Crippen molar-refractivity contribution >= 4 is 97.9 Å². The predicted molar refractivity (Wildman–Crippen MR) is 352 cm³/mol. The fourth-order valence-electron chi connectivity index (χ4n) is 10.7. The molecule has 1 saturated heterocycles. The largest absolute Gasteiger partial charge is 0.481 e. The Morgan fingerprint density at radius 2 is 1.15 bits per heavy atom. The highest BCUT2D eigenvalue weighted by atomic mass is 32.2. The number of amides is 6. The zero-order valence-electron chi connectivity index (χ0n) is 55.4. The van der Waals surface area contributed by atoms with Gasteiger partial charge in [0.1, 0.15) is 30.2 Å². The summed E-state index contributed by atoms with van der Waals surface area (Å²) in [6.45, 7) is 4.60. The monoisotopic (exact) mass is 1410 g/mol. The van der Waals surface area contributed by atoms with Gasteiger partial charge >= 0.3 is 29.8 Å². The number of imidazole rings is 1. The number of aromatic nitrogens is 3. The summed E-state index contributed by atoms with van der Waals surface area (Å²) in [5, 5.41) is 65.7. The number of hydrogen-bond acceptors (Lipinski definition) is 22. The minimum atomic E-state index is -4.24. The van der Waals surface area contributed by atoms with Crippen LogP contribution in [0.15, 0.2) is 58.6 Å². The minimum Gasteiger partial charge on any atom is -0.481 e. The molecular weight excluding hydrogens is 1320 g/mol. The molecule has 6 amide bonds. The number of hydrogen-bond donors (Lipinski definition) is 14. The molecule has 5 rings (SSSR count). The van der Waals surface area contributed by atoms with E-state index in [4.69, 9.17) is 4.74 Å². The van der Waals surface area contributed by atoms with Crippen LogP contribution in [-0.2, 0) is 80.6 Å². The minimum absolute atomic E-state index is 0.00185. The zero-order valence-corrected chi connectivity index (χ0v) is 56.2. The number of aromatic amines is 1. The number of aliphatic carboxylic acids is 5. The summed E-state index contributed by atoms with van der Waals surface area (Å²) in [5.41, 5.74) is 2.05. The van der Waals surface area contributed by atoms with E-state index < -0.39 is 150 Å². The number of ketones is 1. The summed E-state index contributed by atoms with van der Waals surface area (Å²) in [6, 6.07) is 3.39. The van der Waals surface area contributed by atoms with Crippen LogP contribution < -0.4 is 47.4 Å². The fraction of sp³-hybridized carbons (Fsp3) is 0.516. The van der Waals surface area contributed by atoms with Gasteiger partial charge in [-0.15, -0.1) is 0 Å². The van der Waals surface area contributed by atoms with Gasteiger partial charge in [0.2, 0.25) is 45.0 Å². The number of nitrogens with zero attached hydrogens (tertiary/aromatic N) is 6. The summed E-state index contributed by atoms with van der Waals surface area (Å²) >= 11 is 0. The maximum Gasteiger partial charge on any atom is 0.317 e. The number of ether oxygens (including phenoxy) is 1. The van der Waals surface area contributed by atoms with E-state index in [9.17, 15) is 96.3 Å². The summed E-state index contributed by atoms with van der Waals surface area (Å²) in [5.74, 6) is -11.7. The highest BCUT2D eigenvalue weighted by Gasteiger charge is 2.32. The van der Waals surface area contributed by atoms with Gasteiger partial charge in [0, 0.05) is 122 Å². The molecule has 2 aromatic heterocycles. The number of H-pyrrole nitrogens is 1. The first-order chi connectivity index (χ1) is 46.9. The highest BCUT2D eigenvalue weighted by Crippen LogP contribution is 2.23. The van der Waals surface area contributed by atoms with Gasteiger partial charge in [0.15, 0.2) is 5.95 Å². The second kappa shape index (κ2) is 39.6. The van der Waals surface area contributed by atoms with Crippen molar-refractivity contribution < 1.29 is 96.2 Å². The molecule has 0 radical (unpaired) electrons. The SMILES string of the molecule is CC(=O)[C@H](CNC(=O)c1cn(CCCNC(=O)CCC(=O)NCCCOCNC(=O)[C@@H](CC(=O)O)NC(=O)[C@@H](CC(=O)O)NC(=O)CN2CCN(CC(=O)O)CCN(CC(=O)O)CCN(CC(=O)O)CC2)c2cc(CNc3ncc[nH]3)ccc2c1=O)NS(=O)(=O)c1c(C)cc(C)cc1C. The Balaban J connectivity index is 1.08. The standard InChI is InChI=1S/C62H87N15O21S/c1-38-25-39(2)58(40(3)26-38)99(96,97)72-47(41(4)78)31-67-59(93)44-32-77(48-27-42(7-8-43(48)57(44)92)30-68-62-65-13-14-66-62)15-5-11-63-49(79)9-10-50(80)64-12-6-24-98-37-69-60(94)45(28-52(82)83)71-61(95)46(29-53(84)85)70-51(81)33-73-16-18-74(34-54(86)87)20-22-76(36-56(90)91)23-21-75(19-17-73)35-55(88)89/h7-8,13-14,25-27,32,45-47,72H,5-6,9-12,15-24,28-31,33-37H2,1-4H3,(H,63,79)(H,64,80)(H,67,93)(H,69,94)(H,70,81)(H,71,95)(H,82,83)(H,84,85)(H,86,87)(H,88,89)(H,90,91)(H2,65,66,68)/t45-,46-,47+/m1/s1. The first-order valence-electron chi connectivity index (χ1n) is 31.6. The Labute approximate surface area is 569 Å². The topological polar surface area (TPSA) is 509 Å². The zero-order chi connectivity index (χ0) is 72.9. The Morgan fingerprint density at radius 1 is 0.626 bits per heavy atom. The van der Waals surface area contributed by atoms with E-state index in [0.29, 0.717) is 29.1 Å². The normalized spacial score (nSPS) is 14.6. The first-order valence-corrected chi connectivity index (χ1v) is 33.1. The smallest absolute Gasteiger partial charge is 0.317 e. The quantitative estimate of drug-likeness (QED) is 0.0159. The van der Waals surface area contributed by atoms with Crippen molar-refractivity contribution in [2.45, 2.75) is 102 Å². The third kappa shape index (κ3) is 27.9. The van der Waals surface area contributed by atoms with Crippen molar-refractivity contribution in [1.29, 1.82) is 0 Å². The van der Waals surface area contributed by atoms with Crippen LogP contribution in [0.2, 0.25) is 0 Å². The molecule has 1 aliphatic heterocycles. The van der Waals surface area contributed by atoms with Gasteiger partial charge in [-0.1, -0.05) is 23.8 Å². The van der Waals surface area contributed by atoms with Crippen LogP contribution in [0.4, 0.5) is 5.95 Å². The molecule has 0 bridgehead atoms. The van der Waals surface area contributed by atoms with Gasteiger partial charge in [-0.3, -0.25) is 81.9 Å². The van der Waals surface area contributed by atoms with Crippen LogP contribution in [0.1, 0.15) is 78.1 Å². The second-order valence-electron chi connectivity index (χ2n) is 23.6. The Bertz CT molecular complexity index is 3660. The van der Waals surface area contributed by atoms with E-state index in [1.165, 1.54) is 27.8 Å². The molecule has 0 saturated carbocycles. The first kappa shape index (κ1) is 79.9. The number of Topliss-reactive ketones (excluding diaryl/α,β-unsaturated/α-hetero) is 1. The number of nitrogens with one attached hydrogen (secondary N) is 9. The molecule has 542 valence electrons. The van der Waals surface area contributed by atoms with Crippen molar-refractivity contribution in [3.63, 3.8) is 0 Å². The number of carbonyl (C=O) groups is 12. The molecule has 3 atom stereocenters. The molecule has 99 heavy (non-hydrogen) atoms. The van der Waals surface area contributed by atoms with Gasteiger partial charge in [0.25, 0.3) is 5.91 Å². The Hall–Kier alpha value is -9.79. The van der Waals surface area contributed by atoms with Crippen LogP contribution >= 0.6 is 0 Å². The van der Waals surface area contributed by atoms with Gasteiger partial charge in [-0.25, -0.2) is 13.4 Å². The van der Waals surface area contributed by atoms with E-state index in [-0.39, 0.29) is 127 Å². The van der Waals surface area contributed by atoms with Crippen LogP contribution in [0, 0.1) is 20.8 Å². The molecular formula is C62H87N15O21S. The van der Waals surface area contributed by atoms with E-state index in [2.05, 4.69) is 51.9 Å². The average Bonchev–Trinajstić information content (AvgIpc) is 0.944. The summed E-state index contributed by atoms with van der Waals surface area (Å²) < 4.78 is 36.6. The third-order valence-electron chi connectivity index (χ3n) is 15.5. The predicted octanol–water partition coefficient (Wildman–Crippen LogP) is -2.79. The molecule has 4 aromatic rings. The van der Waals surface area contributed by atoms with Crippen molar-refractivity contribution in [3.8, 4) is 0 Å². The van der Waals surface area contributed by atoms with Crippen LogP contribution in [0.3, 0.4) is 0 Å². The van der Waals surface area contributed by atoms with Crippen molar-refractivity contribution in [2.75, 3.05) is 117 Å². The number of aryl methyl sites for hydroxylation is 4. The van der Waals surface area contributed by atoms with Gasteiger partial charge < -0.3 is 77.0 Å². The lowest BCUT2D eigenvalue weighted by molar-refractivity contribution is -0.143. The number of benzene rings is 2. The van der Waals surface area contributed by atoms with E-state index in [1.54, 1.807) is 66.0 Å². The lowest BCUT2D eigenvalue weighted by Crippen LogP contribution is -2.56. The number of carbonyl (C=O) groups excluding carboxylic acids is 7. The number of sulfonamides is 1. The summed E-state index contributed by atoms with van der Waals surface area (Å²) in [6.07, 6.45) is 2.64.